The number of hydrogen-bond donors (Lipinski definition) is 1. The zero-order valence-electron chi connectivity index (χ0n) is 14.5. The standard InChI is InChI=1S/C21H18FN3O/c1-12-17-10-20(26)25(2)11-19(17)18-9-15(23)7-8-16(18)21(24-12)13-3-5-14(22)6-4-13/h3-12H,23H2,1-2H3/t12-/m0/s1. The van der Waals surface area contributed by atoms with Gasteiger partial charge in [-0.1, -0.05) is 6.07 Å². The molecule has 0 bridgehead atoms. The summed E-state index contributed by atoms with van der Waals surface area (Å²) < 4.78 is 14.9. The largest absolute Gasteiger partial charge is 0.399 e. The fourth-order valence-corrected chi connectivity index (χ4v) is 3.38. The minimum absolute atomic E-state index is 0.0820. The molecule has 2 aromatic carbocycles. The molecule has 4 rings (SSSR count). The Kier molecular flexibility index (Phi) is 3.72. The summed E-state index contributed by atoms with van der Waals surface area (Å²) in [6, 6.07) is 13.4. The van der Waals surface area contributed by atoms with Crippen molar-refractivity contribution in [2.75, 3.05) is 5.73 Å². The first-order valence-corrected chi connectivity index (χ1v) is 8.38. The maximum atomic E-state index is 13.4. The highest BCUT2D eigenvalue weighted by molar-refractivity contribution is 6.17. The van der Waals surface area contributed by atoms with Crippen molar-refractivity contribution >= 4 is 11.4 Å². The Morgan fingerprint density at radius 2 is 1.77 bits per heavy atom. The molecule has 0 saturated carbocycles. The molecule has 0 unspecified atom stereocenters. The number of aryl methyl sites for hydroxylation is 1. The van der Waals surface area contributed by atoms with Crippen LogP contribution in [0.25, 0.3) is 11.1 Å². The van der Waals surface area contributed by atoms with E-state index in [9.17, 15) is 9.18 Å². The molecular weight excluding hydrogens is 329 g/mol. The number of aliphatic imine (C=N–C) groups is 1. The van der Waals surface area contributed by atoms with Crippen LogP contribution in [0.4, 0.5) is 10.1 Å². The van der Waals surface area contributed by atoms with Gasteiger partial charge in [0.25, 0.3) is 5.56 Å². The zero-order valence-corrected chi connectivity index (χ0v) is 14.5. The number of nitrogens with zero attached hydrogens (tertiary/aromatic N) is 2. The molecule has 5 heteroatoms. The van der Waals surface area contributed by atoms with Crippen LogP contribution in [0.1, 0.15) is 29.7 Å². The highest BCUT2D eigenvalue weighted by Gasteiger charge is 2.23. The van der Waals surface area contributed by atoms with Gasteiger partial charge in [-0.25, -0.2) is 4.39 Å². The van der Waals surface area contributed by atoms with Gasteiger partial charge < -0.3 is 10.3 Å². The minimum Gasteiger partial charge on any atom is -0.399 e. The predicted octanol–water partition coefficient (Wildman–Crippen LogP) is 3.69. The molecule has 4 nitrogen and oxygen atoms in total. The maximum absolute atomic E-state index is 13.4. The van der Waals surface area contributed by atoms with Crippen molar-refractivity contribution in [3.63, 3.8) is 0 Å². The third kappa shape index (κ3) is 2.62. The summed E-state index contributed by atoms with van der Waals surface area (Å²) in [6.07, 6.45) is 1.83. The number of benzene rings is 2. The quantitative estimate of drug-likeness (QED) is 0.683. The first-order chi connectivity index (χ1) is 12.4. The van der Waals surface area contributed by atoms with Crippen molar-refractivity contribution < 1.29 is 4.39 Å². The van der Waals surface area contributed by atoms with Crippen LogP contribution < -0.4 is 11.3 Å². The molecule has 1 atom stereocenters. The summed E-state index contributed by atoms with van der Waals surface area (Å²) in [5, 5.41) is 0. The van der Waals surface area contributed by atoms with E-state index in [1.54, 1.807) is 29.8 Å². The van der Waals surface area contributed by atoms with E-state index in [1.165, 1.54) is 12.1 Å². The van der Waals surface area contributed by atoms with Crippen molar-refractivity contribution in [2.24, 2.45) is 12.0 Å². The van der Waals surface area contributed by atoms with E-state index in [4.69, 9.17) is 10.7 Å². The third-order valence-electron chi connectivity index (χ3n) is 4.74. The molecule has 130 valence electrons. The smallest absolute Gasteiger partial charge is 0.250 e. The molecule has 2 heterocycles. The van der Waals surface area contributed by atoms with Crippen LogP contribution in [0.2, 0.25) is 0 Å². The number of fused-ring (bicyclic) bond motifs is 3. The second-order valence-corrected chi connectivity index (χ2v) is 6.56. The van der Waals surface area contributed by atoms with Gasteiger partial charge in [-0.2, -0.15) is 0 Å². The first kappa shape index (κ1) is 16.3. The second kappa shape index (κ2) is 5.95. The Morgan fingerprint density at radius 3 is 2.50 bits per heavy atom. The van der Waals surface area contributed by atoms with Crippen molar-refractivity contribution in [3.8, 4) is 11.1 Å². The summed E-state index contributed by atoms with van der Waals surface area (Å²) in [6.45, 7) is 1.96. The monoisotopic (exact) mass is 347 g/mol. The van der Waals surface area contributed by atoms with Gasteiger partial charge in [0.2, 0.25) is 0 Å². The lowest BCUT2D eigenvalue weighted by Crippen LogP contribution is -2.17. The van der Waals surface area contributed by atoms with Gasteiger partial charge in [0.1, 0.15) is 5.82 Å². The van der Waals surface area contributed by atoms with E-state index in [2.05, 4.69) is 0 Å². The molecule has 1 aliphatic heterocycles. The van der Waals surface area contributed by atoms with Gasteiger partial charge in [-0.05, 0) is 54.4 Å². The molecule has 0 amide bonds. The molecule has 0 fully saturated rings. The van der Waals surface area contributed by atoms with E-state index in [0.29, 0.717) is 5.69 Å². The number of pyridine rings is 1. The van der Waals surface area contributed by atoms with Crippen LogP contribution in [0.3, 0.4) is 0 Å². The Bertz CT molecular complexity index is 1100. The summed E-state index contributed by atoms with van der Waals surface area (Å²) in [5.74, 6) is -0.292. The zero-order chi connectivity index (χ0) is 18.4. The molecule has 0 aliphatic carbocycles. The van der Waals surface area contributed by atoms with Crippen molar-refractivity contribution in [2.45, 2.75) is 13.0 Å². The number of anilines is 1. The normalized spacial score (nSPS) is 15.7. The first-order valence-electron chi connectivity index (χ1n) is 8.38. The topological polar surface area (TPSA) is 60.4 Å². The highest BCUT2D eigenvalue weighted by atomic mass is 19.1. The molecule has 3 aromatic rings. The molecule has 26 heavy (non-hydrogen) atoms. The fourth-order valence-electron chi connectivity index (χ4n) is 3.38. The van der Waals surface area contributed by atoms with E-state index in [1.807, 2.05) is 31.3 Å². The molecule has 0 spiro atoms. The van der Waals surface area contributed by atoms with Crippen LogP contribution in [-0.2, 0) is 7.05 Å². The van der Waals surface area contributed by atoms with E-state index in [0.717, 1.165) is 33.5 Å². The molecular formula is C21H18FN3O. The molecule has 1 aliphatic rings. The summed E-state index contributed by atoms with van der Waals surface area (Å²) in [5.41, 5.74) is 11.8. The van der Waals surface area contributed by atoms with E-state index < -0.39 is 0 Å². The number of hydrogen-bond acceptors (Lipinski definition) is 3. The lowest BCUT2D eigenvalue weighted by molar-refractivity contribution is 0.628. The second-order valence-electron chi connectivity index (χ2n) is 6.56. The predicted molar refractivity (Wildman–Crippen MR) is 102 cm³/mol. The average Bonchev–Trinajstić information content (AvgIpc) is 2.72. The number of nitrogens with two attached hydrogens (primary N) is 1. The summed E-state index contributed by atoms with van der Waals surface area (Å²) in [4.78, 5) is 17.0. The van der Waals surface area contributed by atoms with Crippen molar-refractivity contribution in [1.29, 1.82) is 0 Å². The van der Waals surface area contributed by atoms with Crippen molar-refractivity contribution in [1.82, 2.24) is 4.57 Å². The highest BCUT2D eigenvalue weighted by Crippen LogP contribution is 2.37. The minimum atomic E-state index is -0.292. The lowest BCUT2D eigenvalue weighted by atomic mass is 9.92. The number of halogens is 1. The van der Waals surface area contributed by atoms with Gasteiger partial charge in [0.05, 0.1) is 11.8 Å². The van der Waals surface area contributed by atoms with Gasteiger partial charge in [-0.15, -0.1) is 0 Å². The molecule has 1 aromatic heterocycles. The molecule has 0 saturated heterocycles. The van der Waals surface area contributed by atoms with Crippen LogP contribution in [0, 0.1) is 5.82 Å². The average molecular weight is 347 g/mol. The summed E-state index contributed by atoms with van der Waals surface area (Å²) >= 11 is 0. The van der Waals surface area contributed by atoms with Gasteiger partial charge >= 0.3 is 0 Å². The lowest BCUT2D eigenvalue weighted by Gasteiger charge is -2.13. The number of rotatable bonds is 1. The Balaban J connectivity index is 2.05. The van der Waals surface area contributed by atoms with Gasteiger partial charge in [0.15, 0.2) is 0 Å². The van der Waals surface area contributed by atoms with Crippen LogP contribution >= 0.6 is 0 Å². The van der Waals surface area contributed by atoms with Crippen LogP contribution in [0.5, 0.6) is 0 Å². The van der Waals surface area contributed by atoms with Gasteiger partial charge in [0, 0.05) is 41.7 Å². The Labute approximate surface area is 150 Å². The van der Waals surface area contributed by atoms with E-state index >= 15 is 0 Å². The maximum Gasteiger partial charge on any atom is 0.250 e. The van der Waals surface area contributed by atoms with Crippen molar-refractivity contribution in [3.05, 3.63) is 87.6 Å². The molecule has 0 radical (unpaired) electrons. The number of nitrogen functional groups attached to an aromatic ring is 1. The van der Waals surface area contributed by atoms with Crippen LogP contribution in [-0.4, -0.2) is 10.3 Å². The summed E-state index contributed by atoms with van der Waals surface area (Å²) in [7, 11) is 1.73. The Morgan fingerprint density at radius 1 is 1.04 bits per heavy atom. The van der Waals surface area contributed by atoms with E-state index in [-0.39, 0.29) is 17.4 Å². The SMILES string of the molecule is C[C@@H]1N=C(c2ccc(F)cc2)c2ccc(N)cc2-c2cn(C)c(=O)cc21. The Hall–Kier alpha value is -3.21. The molecule has 2 N–H and O–H groups in total. The van der Waals surface area contributed by atoms with Gasteiger partial charge in [-0.3, -0.25) is 9.79 Å². The number of aromatic nitrogens is 1. The fraction of sp³-hybridized carbons (Fsp3) is 0.143. The van der Waals surface area contributed by atoms with Crippen LogP contribution in [0.15, 0.2) is 64.5 Å². The third-order valence-corrected chi connectivity index (χ3v) is 4.74.